The largest absolute Gasteiger partial charge is 0.493 e. The Bertz CT molecular complexity index is 1310. The van der Waals surface area contributed by atoms with Crippen LogP contribution in [0.5, 0.6) is 23.0 Å². The molecule has 0 saturated carbocycles. The van der Waals surface area contributed by atoms with Crippen molar-refractivity contribution in [2.75, 3.05) is 26.9 Å². The Labute approximate surface area is 184 Å². The van der Waals surface area contributed by atoms with Crippen LogP contribution in [0.15, 0.2) is 35.1 Å². The van der Waals surface area contributed by atoms with Gasteiger partial charge in [-0.25, -0.2) is 0 Å². The highest BCUT2D eigenvalue weighted by Crippen LogP contribution is 2.51. The monoisotopic (exact) mass is 439 g/mol. The number of aromatic nitrogens is 1. The molecule has 0 N–H and O–H groups in total. The van der Waals surface area contributed by atoms with Crippen molar-refractivity contribution in [3.05, 3.63) is 51.8 Å². The van der Waals surface area contributed by atoms with Gasteiger partial charge in [0.1, 0.15) is 0 Å². The summed E-state index contributed by atoms with van der Waals surface area (Å²) in [5.74, 6) is 3.09. The average molecular weight is 440 g/mol. The van der Waals surface area contributed by atoms with Crippen LogP contribution in [0.25, 0.3) is 27.6 Å². The number of hydrogen-bond acceptors (Lipinski definition) is 5. The van der Waals surface area contributed by atoms with E-state index in [2.05, 4.69) is 6.08 Å². The molecule has 2 aliphatic rings. The molecule has 0 radical (unpaired) electrons. The lowest BCUT2D eigenvalue weighted by molar-refractivity contribution is 0.174. The Balaban J connectivity index is 1.89. The number of unbranched alkanes of at least 4 members (excludes halogenated alkanes) is 1. The minimum absolute atomic E-state index is 0.0969. The van der Waals surface area contributed by atoms with E-state index in [0.29, 0.717) is 34.3 Å². The summed E-state index contributed by atoms with van der Waals surface area (Å²) < 4.78 is 23.9. The van der Waals surface area contributed by atoms with Gasteiger partial charge in [0.05, 0.1) is 25.3 Å². The molecule has 2 aromatic carbocycles. The molecule has 0 amide bonds. The van der Waals surface area contributed by atoms with Crippen LogP contribution in [0.1, 0.15) is 24.0 Å². The van der Waals surface area contributed by atoms with Crippen molar-refractivity contribution >= 4 is 27.9 Å². The van der Waals surface area contributed by atoms with E-state index in [0.717, 1.165) is 46.2 Å². The van der Waals surface area contributed by atoms with Gasteiger partial charge in [-0.2, -0.15) is 0 Å². The summed E-state index contributed by atoms with van der Waals surface area (Å²) in [4.78, 5) is 13.3. The first-order chi connectivity index (χ1) is 15.1. The lowest BCUT2D eigenvalue weighted by Crippen LogP contribution is -2.19. The van der Waals surface area contributed by atoms with Crippen molar-refractivity contribution in [2.45, 2.75) is 12.8 Å². The van der Waals surface area contributed by atoms with Crippen LogP contribution in [0, 0.1) is 0 Å². The highest BCUT2D eigenvalue weighted by molar-refractivity contribution is 6.17. The Hall–Kier alpha value is -3.12. The fourth-order valence-corrected chi connectivity index (χ4v) is 4.61. The van der Waals surface area contributed by atoms with Crippen LogP contribution in [0.4, 0.5) is 0 Å². The third-order valence-electron chi connectivity index (χ3n) is 5.91. The van der Waals surface area contributed by atoms with Crippen molar-refractivity contribution in [2.24, 2.45) is 7.05 Å². The maximum atomic E-state index is 13.3. The fourth-order valence-electron chi connectivity index (χ4n) is 4.46. The van der Waals surface area contributed by atoms with Gasteiger partial charge in [-0.3, -0.25) is 4.79 Å². The molecule has 160 valence electrons. The third-order valence-corrected chi connectivity index (χ3v) is 6.18. The molecule has 6 nitrogen and oxygen atoms in total. The number of nitrogens with zero attached hydrogens (tertiary/aromatic N) is 1. The molecule has 0 spiro atoms. The standard InChI is InChI=1S/C24H22ClNO5/c1-26-23-16-10-21-20(30-12-31-21)8-14(16)13(6-4-5-7-25)22(23)15-9-18(28-2)19(29-3)11-17(15)24(26)27/h6,8-11H,4-5,7,12H2,1-3H3. The summed E-state index contributed by atoms with van der Waals surface area (Å²) in [6.45, 7) is 0.198. The zero-order valence-corrected chi connectivity index (χ0v) is 18.3. The van der Waals surface area contributed by atoms with Gasteiger partial charge in [0.25, 0.3) is 5.56 Å². The summed E-state index contributed by atoms with van der Waals surface area (Å²) in [5, 5.41) is 1.40. The van der Waals surface area contributed by atoms with Crippen LogP contribution >= 0.6 is 11.6 Å². The molecule has 2 heterocycles. The second-order valence-corrected chi connectivity index (χ2v) is 7.92. The number of pyridine rings is 1. The van der Waals surface area contributed by atoms with Crippen LogP contribution < -0.4 is 24.5 Å². The molecule has 0 fully saturated rings. The Morgan fingerprint density at radius 3 is 2.32 bits per heavy atom. The number of benzene rings is 2. The Morgan fingerprint density at radius 1 is 1.03 bits per heavy atom. The zero-order chi connectivity index (χ0) is 21.7. The molecule has 0 saturated heterocycles. The molecule has 5 rings (SSSR count). The fraction of sp³-hybridized carbons (Fsp3) is 0.292. The van der Waals surface area contributed by atoms with Crippen molar-refractivity contribution in [1.82, 2.24) is 4.57 Å². The molecule has 1 aliphatic carbocycles. The van der Waals surface area contributed by atoms with Crippen molar-refractivity contribution < 1.29 is 18.9 Å². The maximum absolute atomic E-state index is 13.3. The number of ether oxygens (including phenoxy) is 4. The average Bonchev–Trinajstić information content (AvgIpc) is 3.37. The lowest BCUT2D eigenvalue weighted by Gasteiger charge is -2.15. The SMILES string of the molecule is COc1cc2c3c(n(C)c(=O)c2cc1OC)-c1cc2c(cc1C3=CCCCCl)OCO2. The number of alkyl halides is 1. The number of hydrogen-bond donors (Lipinski definition) is 0. The summed E-state index contributed by atoms with van der Waals surface area (Å²) in [6, 6.07) is 7.60. The smallest absolute Gasteiger partial charge is 0.258 e. The first kappa shape index (κ1) is 19.8. The van der Waals surface area contributed by atoms with Crippen molar-refractivity contribution in [3.63, 3.8) is 0 Å². The number of fused-ring (bicyclic) bond motifs is 6. The molecule has 1 aliphatic heterocycles. The number of halogens is 1. The predicted octanol–water partition coefficient (Wildman–Crippen LogP) is 4.72. The predicted molar refractivity (Wildman–Crippen MR) is 121 cm³/mol. The van der Waals surface area contributed by atoms with E-state index in [1.165, 1.54) is 0 Å². The number of methoxy groups -OCH3 is 2. The topological polar surface area (TPSA) is 58.9 Å². The van der Waals surface area contributed by atoms with Crippen LogP contribution in [0.2, 0.25) is 0 Å². The van der Waals surface area contributed by atoms with Crippen molar-refractivity contribution in [3.8, 4) is 34.3 Å². The molecule has 0 atom stereocenters. The minimum atomic E-state index is -0.0969. The molecule has 1 aromatic heterocycles. The molecular formula is C24H22ClNO5. The number of rotatable bonds is 5. The maximum Gasteiger partial charge on any atom is 0.258 e. The third kappa shape index (κ3) is 2.89. The Kier molecular flexibility index (Phi) is 4.82. The molecule has 7 heteroatoms. The first-order valence-electron chi connectivity index (χ1n) is 10.1. The normalized spacial score (nSPS) is 14.8. The van der Waals surface area contributed by atoms with E-state index in [9.17, 15) is 4.79 Å². The van der Waals surface area contributed by atoms with E-state index < -0.39 is 0 Å². The van der Waals surface area contributed by atoms with Gasteiger partial charge in [-0.05, 0) is 48.2 Å². The summed E-state index contributed by atoms with van der Waals surface area (Å²) in [6.07, 6.45) is 3.88. The zero-order valence-electron chi connectivity index (χ0n) is 17.6. The van der Waals surface area contributed by atoms with E-state index >= 15 is 0 Å². The van der Waals surface area contributed by atoms with Gasteiger partial charge in [-0.1, -0.05) is 6.08 Å². The minimum Gasteiger partial charge on any atom is -0.493 e. The van der Waals surface area contributed by atoms with Crippen LogP contribution in [-0.2, 0) is 7.05 Å². The quantitative estimate of drug-likeness (QED) is 0.333. The molecule has 3 aromatic rings. The summed E-state index contributed by atoms with van der Waals surface area (Å²) >= 11 is 5.94. The van der Waals surface area contributed by atoms with Gasteiger partial charge < -0.3 is 23.5 Å². The van der Waals surface area contributed by atoms with Gasteiger partial charge in [0.2, 0.25) is 6.79 Å². The molecule has 0 unspecified atom stereocenters. The lowest BCUT2D eigenvalue weighted by atomic mass is 9.97. The molecule has 0 bridgehead atoms. The van der Waals surface area contributed by atoms with Crippen LogP contribution in [-0.4, -0.2) is 31.5 Å². The second-order valence-electron chi connectivity index (χ2n) is 7.54. The van der Waals surface area contributed by atoms with Gasteiger partial charge in [0, 0.05) is 29.4 Å². The van der Waals surface area contributed by atoms with E-state index in [-0.39, 0.29) is 12.4 Å². The first-order valence-corrected chi connectivity index (χ1v) is 10.6. The molecular weight excluding hydrogens is 418 g/mol. The highest BCUT2D eigenvalue weighted by atomic mass is 35.5. The highest BCUT2D eigenvalue weighted by Gasteiger charge is 2.32. The summed E-state index contributed by atoms with van der Waals surface area (Å²) in [5.41, 5.74) is 4.78. The van der Waals surface area contributed by atoms with E-state index in [1.54, 1.807) is 31.9 Å². The number of allylic oxidation sites excluding steroid dienone is 1. The van der Waals surface area contributed by atoms with E-state index in [1.807, 2.05) is 18.2 Å². The van der Waals surface area contributed by atoms with Crippen LogP contribution in [0.3, 0.4) is 0 Å². The van der Waals surface area contributed by atoms with E-state index in [4.69, 9.17) is 30.5 Å². The Morgan fingerprint density at radius 2 is 1.68 bits per heavy atom. The molecule has 31 heavy (non-hydrogen) atoms. The van der Waals surface area contributed by atoms with Gasteiger partial charge >= 0.3 is 0 Å². The van der Waals surface area contributed by atoms with Gasteiger partial charge in [0.15, 0.2) is 23.0 Å². The van der Waals surface area contributed by atoms with Gasteiger partial charge in [-0.15, -0.1) is 11.6 Å². The second kappa shape index (κ2) is 7.54. The summed E-state index contributed by atoms with van der Waals surface area (Å²) in [7, 11) is 4.96. The van der Waals surface area contributed by atoms with Crippen molar-refractivity contribution in [1.29, 1.82) is 0 Å².